The summed E-state index contributed by atoms with van der Waals surface area (Å²) in [7, 11) is 1.87. The van der Waals surface area contributed by atoms with Crippen molar-refractivity contribution in [3.63, 3.8) is 0 Å². The van der Waals surface area contributed by atoms with E-state index in [9.17, 15) is 4.79 Å². The molecule has 2 aliphatic rings. The highest BCUT2D eigenvalue weighted by Gasteiger charge is 2.37. The first-order valence-electron chi connectivity index (χ1n) is 8.25. The minimum Gasteiger partial charge on any atom is -0.336 e. The van der Waals surface area contributed by atoms with Gasteiger partial charge in [0.25, 0.3) is 11.7 Å². The fourth-order valence-corrected chi connectivity index (χ4v) is 3.92. The number of piperidine rings is 1. The molecule has 4 rings (SSSR count). The number of aryl methyl sites for hydroxylation is 2. The van der Waals surface area contributed by atoms with Crippen LogP contribution in [0.3, 0.4) is 0 Å². The molecule has 0 aliphatic carbocycles. The highest BCUT2D eigenvalue weighted by molar-refractivity contribution is 5.91. The normalized spacial score (nSPS) is 26.7. The first-order valence-corrected chi connectivity index (χ1v) is 8.25. The number of rotatable bonds is 2. The maximum Gasteiger partial charge on any atom is 0.293 e. The van der Waals surface area contributed by atoms with Gasteiger partial charge >= 0.3 is 0 Å². The van der Waals surface area contributed by atoms with Crippen molar-refractivity contribution < 1.29 is 4.79 Å². The van der Waals surface area contributed by atoms with E-state index >= 15 is 0 Å². The molecule has 2 aromatic heterocycles. The maximum absolute atomic E-state index is 12.8. The van der Waals surface area contributed by atoms with Crippen LogP contribution in [0.15, 0.2) is 6.07 Å². The lowest BCUT2D eigenvalue weighted by atomic mass is 9.98. The van der Waals surface area contributed by atoms with Gasteiger partial charge in [-0.05, 0) is 45.6 Å². The molecule has 1 N–H and O–H groups in total. The fourth-order valence-electron chi connectivity index (χ4n) is 3.92. The van der Waals surface area contributed by atoms with Crippen LogP contribution in [0.25, 0.3) is 5.78 Å². The summed E-state index contributed by atoms with van der Waals surface area (Å²) < 4.78 is 1.64. The molecule has 2 aromatic rings. The van der Waals surface area contributed by atoms with Crippen LogP contribution in [0.5, 0.6) is 0 Å². The summed E-state index contributed by atoms with van der Waals surface area (Å²) in [5, 5.41) is 7.96. The highest BCUT2D eigenvalue weighted by atomic mass is 16.2. The zero-order valence-electron chi connectivity index (χ0n) is 13.8. The van der Waals surface area contributed by atoms with E-state index < -0.39 is 0 Å². The van der Waals surface area contributed by atoms with Gasteiger partial charge in [0.1, 0.15) is 0 Å². The summed E-state index contributed by atoms with van der Waals surface area (Å²) in [5.41, 5.74) is 1.81. The van der Waals surface area contributed by atoms with Crippen LogP contribution >= 0.6 is 0 Å². The lowest BCUT2D eigenvalue weighted by Gasteiger charge is -2.35. The van der Waals surface area contributed by atoms with Crippen LogP contribution in [-0.2, 0) is 0 Å². The SMILES string of the molecule is Cc1cc(C)n2nc(C(=O)N(C)C3CC4CCC(C3)N4)nc2n1. The third-order valence-electron chi connectivity index (χ3n) is 5.13. The second kappa shape index (κ2) is 5.26. The van der Waals surface area contributed by atoms with Gasteiger partial charge in [-0.1, -0.05) is 0 Å². The van der Waals surface area contributed by atoms with Gasteiger partial charge in [0.05, 0.1) is 0 Å². The van der Waals surface area contributed by atoms with Crippen molar-refractivity contribution in [2.24, 2.45) is 0 Å². The molecule has 0 saturated carbocycles. The minimum absolute atomic E-state index is 0.112. The van der Waals surface area contributed by atoms with E-state index in [4.69, 9.17) is 0 Å². The Bertz CT molecular complexity index is 757. The topological polar surface area (TPSA) is 75.4 Å². The van der Waals surface area contributed by atoms with Gasteiger partial charge in [-0.3, -0.25) is 4.79 Å². The Morgan fingerprint density at radius 3 is 2.65 bits per heavy atom. The maximum atomic E-state index is 12.8. The Hall–Kier alpha value is -2.02. The number of fused-ring (bicyclic) bond motifs is 3. The Morgan fingerprint density at radius 1 is 1.26 bits per heavy atom. The average Bonchev–Trinajstić information content (AvgIpc) is 3.09. The second-order valence-electron chi connectivity index (χ2n) is 6.87. The molecule has 2 fully saturated rings. The zero-order valence-corrected chi connectivity index (χ0v) is 13.8. The molecule has 2 atom stereocenters. The minimum atomic E-state index is -0.112. The first-order chi connectivity index (χ1) is 11.0. The zero-order chi connectivity index (χ0) is 16.1. The van der Waals surface area contributed by atoms with Crippen molar-refractivity contribution >= 4 is 11.7 Å². The number of amides is 1. The van der Waals surface area contributed by atoms with Gasteiger partial charge in [0, 0.05) is 36.6 Å². The summed E-state index contributed by atoms with van der Waals surface area (Å²) >= 11 is 0. The fraction of sp³-hybridized carbons (Fsp3) is 0.625. The van der Waals surface area contributed by atoms with Crippen LogP contribution < -0.4 is 5.32 Å². The Morgan fingerprint density at radius 2 is 1.96 bits per heavy atom. The second-order valence-corrected chi connectivity index (χ2v) is 6.87. The van der Waals surface area contributed by atoms with Gasteiger partial charge in [-0.15, -0.1) is 5.10 Å². The van der Waals surface area contributed by atoms with Crippen molar-refractivity contribution in [3.05, 3.63) is 23.3 Å². The van der Waals surface area contributed by atoms with Crippen molar-refractivity contribution in [3.8, 4) is 0 Å². The Kier molecular flexibility index (Phi) is 3.33. The summed E-state index contributed by atoms with van der Waals surface area (Å²) in [4.78, 5) is 23.3. The number of hydrogen-bond donors (Lipinski definition) is 1. The van der Waals surface area contributed by atoms with Crippen LogP contribution in [0.2, 0.25) is 0 Å². The molecule has 0 radical (unpaired) electrons. The average molecular weight is 314 g/mol. The molecule has 2 unspecified atom stereocenters. The van der Waals surface area contributed by atoms with Crippen LogP contribution in [0.1, 0.15) is 47.7 Å². The van der Waals surface area contributed by atoms with Crippen molar-refractivity contribution in [2.45, 2.75) is 57.7 Å². The molecule has 0 aromatic carbocycles. The molecule has 23 heavy (non-hydrogen) atoms. The van der Waals surface area contributed by atoms with E-state index in [0.717, 1.165) is 24.2 Å². The van der Waals surface area contributed by atoms with E-state index in [0.29, 0.717) is 17.9 Å². The third kappa shape index (κ3) is 2.49. The smallest absolute Gasteiger partial charge is 0.293 e. The predicted octanol–water partition coefficient (Wildman–Crippen LogP) is 1.10. The van der Waals surface area contributed by atoms with Crippen molar-refractivity contribution in [2.75, 3.05) is 7.05 Å². The number of nitrogens with one attached hydrogen (secondary N) is 1. The lowest BCUT2D eigenvalue weighted by Crippen LogP contribution is -2.48. The summed E-state index contributed by atoms with van der Waals surface area (Å²) in [6.07, 6.45) is 4.47. The van der Waals surface area contributed by atoms with E-state index in [1.54, 1.807) is 4.52 Å². The molecule has 2 aliphatic heterocycles. The molecule has 4 heterocycles. The molecule has 0 spiro atoms. The van der Waals surface area contributed by atoms with Gasteiger partial charge in [-0.25, -0.2) is 9.50 Å². The van der Waals surface area contributed by atoms with Crippen LogP contribution in [-0.4, -0.2) is 55.6 Å². The monoisotopic (exact) mass is 314 g/mol. The standard InChI is InChI=1S/C16H22N6O/c1-9-6-10(2)22-16(17-9)19-14(20-22)15(23)21(3)13-7-11-4-5-12(8-13)18-11/h6,11-13,18H,4-5,7-8H2,1-3H3. The van der Waals surface area contributed by atoms with Gasteiger partial charge in [0.15, 0.2) is 0 Å². The molecule has 122 valence electrons. The summed E-state index contributed by atoms with van der Waals surface area (Å²) in [6.45, 7) is 3.86. The lowest BCUT2D eigenvalue weighted by molar-refractivity contribution is 0.0669. The Balaban J connectivity index is 1.60. The highest BCUT2D eigenvalue weighted by Crippen LogP contribution is 2.29. The molecule has 7 nitrogen and oxygen atoms in total. The van der Waals surface area contributed by atoms with E-state index in [2.05, 4.69) is 20.4 Å². The van der Waals surface area contributed by atoms with Gasteiger partial charge < -0.3 is 10.2 Å². The largest absolute Gasteiger partial charge is 0.336 e. The third-order valence-corrected chi connectivity index (χ3v) is 5.13. The first kappa shape index (κ1) is 14.6. The number of carbonyl (C=O) groups excluding carboxylic acids is 1. The van der Waals surface area contributed by atoms with E-state index in [1.807, 2.05) is 31.9 Å². The van der Waals surface area contributed by atoms with E-state index in [-0.39, 0.29) is 17.8 Å². The summed E-state index contributed by atoms with van der Waals surface area (Å²) in [6, 6.07) is 3.30. The number of aromatic nitrogens is 4. The van der Waals surface area contributed by atoms with Crippen LogP contribution in [0.4, 0.5) is 0 Å². The number of carbonyl (C=O) groups is 1. The molecule has 2 saturated heterocycles. The number of hydrogen-bond acceptors (Lipinski definition) is 5. The molecule has 7 heteroatoms. The van der Waals surface area contributed by atoms with Crippen molar-refractivity contribution in [1.82, 2.24) is 29.8 Å². The van der Waals surface area contributed by atoms with Gasteiger partial charge in [-0.2, -0.15) is 4.98 Å². The molecule has 2 bridgehead atoms. The van der Waals surface area contributed by atoms with E-state index in [1.165, 1.54) is 12.8 Å². The molecule has 1 amide bonds. The molecular formula is C16H22N6O. The summed E-state index contributed by atoms with van der Waals surface area (Å²) in [5.74, 6) is 0.614. The Labute approximate surface area is 135 Å². The van der Waals surface area contributed by atoms with Gasteiger partial charge in [0.2, 0.25) is 5.82 Å². The van der Waals surface area contributed by atoms with Crippen LogP contribution in [0, 0.1) is 13.8 Å². The predicted molar refractivity (Wildman–Crippen MR) is 85.3 cm³/mol. The number of nitrogens with zero attached hydrogens (tertiary/aromatic N) is 5. The molecular weight excluding hydrogens is 292 g/mol. The quantitative estimate of drug-likeness (QED) is 0.898. The van der Waals surface area contributed by atoms with Crippen molar-refractivity contribution in [1.29, 1.82) is 0 Å².